The third kappa shape index (κ3) is 3.61. The Morgan fingerprint density at radius 2 is 1.70 bits per heavy atom. The third-order valence-corrected chi connectivity index (χ3v) is 3.35. The monoisotopic (exact) mass is 270 g/mol. The van der Waals surface area contributed by atoms with Crippen molar-refractivity contribution >= 4 is 0 Å². The van der Waals surface area contributed by atoms with Crippen molar-refractivity contribution in [3.8, 4) is 11.5 Å². The summed E-state index contributed by atoms with van der Waals surface area (Å²) in [5, 5.41) is 10.0. The number of para-hydroxylation sites is 1. The van der Waals surface area contributed by atoms with Crippen LogP contribution in [0, 0.1) is 0 Å². The summed E-state index contributed by atoms with van der Waals surface area (Å²) in [5.41, 5.74) is 2.16. The first-order valence-electron chi connectivity index (χ1n) is 7.28. The minimum Gasteiger partial charge on any atom is -0.457 e. The molecule has 2 heteroatoms. The fraction of sp³-hybridized carbons (Fsp3) is 0.333. The second-order valence-electron chi connectivity index (χ2n) is 4.96. The van der Waals surface area contributed by atoms with Gasteiger partial charge in [0.25, 0.3) is 0 Å². The average molecular weight is 270 g/mol. The molecule has 2 rings (SSSR count). The number of aliphatic hydroxyl groups excluding tert-OH is 1. The Kier molecular flexibility index (Phi) is 5.19. The maximum absolute atomic E-state index is 10.0. The third-order valence-electron chi connectivity index (χ3n) is 3.35. The van der Waals surface area contributed by atoms with Gasteiger partial charge in [0.2, 0.25) is 0 Å². The molecule has 2 nitrogen and oxygen atoms in total. The molecule has 0 bridgehead atoms. The minimum absolute atomic E-state index is 0.481. The lowest BCUT2D eigenvalue weighted by Crippen LogP contribution is -1.98. The molecular formula is C18H22O2. The Labute approximate surface area is 121 Å². The van der Waals surface area contributed by atoms with Crippen molar-refractivity contribution in [2.45, 2.75) is 39.2 Å². The molecule has 1 atom stereocenters. The molecule has 0 aliphatic heterocycles. The van der Waals surface area contributed by atoms with Gasteiger partial charge >= 0.3 is 0 Å². The molecule has 0 radical (unpaired) electrons. The largest absolute Gasteiger partial charge is 0.457 e. The zero-order valence-corrected chi connectivity index (χ0v) is 12.2. The highest BCUT2D eigenvalue weighted by molar-refractivity contribution is 5.39. The van der Waals surface area contributed by atoms with Gasteiger partial charge in [-0.25, -0.2) is 0 Å². The van der Waals surface area contributed by atoms with Crippen LogP contribution in [0.2, 0.25) is 0 Å². The van der Waals surface area contributed by atoms with Crippen molar-refractivity contribution in [1.29, 1.82) is 0 Å². The first-order chi connectivity index (χ1) is 9.74. The van der Waals surface area contributed by atoms with Crippen LogP contribution in [0.1, 0.15) is 43.9 Å². The zero-order valence-electron chi connectivity index (χ0n) is 12.2. The van der Waals surface area contributed by atoms with E-state index in [4.69, 9.17) is 4.74 Å². The zero-order chi connectivity index (χ0) is 14.4. The average Bonchev–Trinajstić information content (AvgIpc) is 2.49. The van der Waals surface area contributed by atoms with E-state index < -0.39 is 6.10 Å². The van der Waals surface area contributed by atoms with Crippen LogP contribution in [0.3, 0.4) is 0 Å². The second-order valence-corrected chi connectivity index (χ2v) is 4.96. The molecule has 2 aromatic rings. The van der Waals surface area contributed by atoms with Gasteiger partial charge in [-0.2, -0.15) is 0 Å². The number of aryl methyl sites for hydroxylation is 1. The van der Waals surface area contributed by atoms with Crippen LogP contribution in [0.25, 0.3) is 0 Å². The number of ether oxygens (including phenoxy) is 1. The van der Waals surface area contributed by atoms with Crippen LogP contribution >= 0.6 is 0 Å². The van der Waals surface area contributed by atoms with E-state index in [-0.39, 0.29) is 0 Å². The lowest BCUT2D eigenvalue weighted by molar-refractivity contribution is 0.170. The van der Waals surface area contributed by atoms with E-state index in [2.05, 4.69) is 19.1 Å². The molecule has 0 aliphatic carbocycles. The molecule has 1 unspecified atom stereocenters. The highest BCUT2D eigenvalue weighted by atomic mass is 16.5. The quantitative estimate of drug-likeness (QED) is 0.811. The summed E-state index contributed by atoms with van der Waals surface area (Å²) in [4.78, 5) is 0. The molecule has 106 valence electrons. The lowest BCUT2D eigenvalue weighted by atomic mass is 10.1. The number of hydrogen-bond acceptors (Lipinski definition) is 2. The van der Waals surface area contributed by atoms with Gasteiger partial charge < -0.3 is 9.84 Å². The summed E-state index contributed by atoms with van der Waals surface area (Å²) in [6.07, 6.45) is 2.43. The molecule has 0 amide bonds. The minimum atomic E-state index is -0.481. The van der Waals surface area contributed by atoms with Crippen molar-refractivity contribution < 1.29 is 9.84 Å². The fourth-order valence-corrected chi connectivity index (χ4v) is 2.21. The molecule has 0 spiro atoms. The Morgan fingerprint density at radius 1 is 1.00 bits per heavy atom. The van der Waals surface area contributed by atoms with Gasteiger partial charge in [0.05, 0.1) is 6.10 Å². The van der Waals surface area contributed by atoms with Gasteiger partial charge in [-0.05, 0) is 36.6 Å². The van der Waals surface area contributed by atoms with Crippen molar-refractivity contribution in [3.63, 3.8) is 0 Å². The lowest BCUT2D eigenvalue weighted by Gasteiger charge is -2.14. The normalized spacial score (nSPS) is 12.2. The molecule has 0 saturated carbocycles. The number of rotatable bonds is 6. The van der Waals surface area contributed by atoms with Crippen LogP contribution in [0.4, 0.5) is 0 Å². The topological polar surface area (TPSA) is 29.5 Å². The Balaban J connectivity index is 2.17. The molecule has 20 heavy (non-hydrogen) atoms. The predicted octanol–water partition coefficient (Wildman–Crippen LogP) is 4.87. The highest BCUT2D eigenvalue weighted by Crippen LogP contribution is 2.30. The van der Waals surface area contributed by atoms with Crippen LogP contribution in [-0.4, -0.2) is 5.11 Å². The summed E-state index contributed by atoms with van der Waals surface area (Å²) < 4.78 is 5.91. The van der Waals surface area contributed by atoms with Crippen LogP contribution < -0.4 is 4.74 Å². The molecule has 2 aromatic carbocycles. The maximum Gasteiger partial charge on any atom is 0.133 e. The standard InChI is InChI=1S/C18H22O2/c1-3-7-14-10-12-15(13-11-14)20-18-9-6-5-8-16(18)17(19)4-2/h5-6,8-13,17,19H,3-4,7H2,1-2H3. The van der Waals surface area contributed by atoms with E-state index >= 15 is 0 Å². The van der Waals surface area contributed by atoms with Crippen molar-refractivity contribution in [3.05, 3.63) is 59.7 Å². The number of aliphatic hydroxyl groups is 1. The molecule has 0 saturated heterocycles. The molecule has 0 fully saturated rings. The first-order valence-corrected chi connectivity index (χ1v) is 7.28. The predicted molar refractivity (Wildman–Crippen MR) is 82.2 cm³/mol. The second kappa shape index (κ2) is 7.11. The Hall–Kier alpha value is -1.80. The van der Waals surface area contributed by atoms with Gasteiger partial charge in [-0.1, -0.05) is 50.6 Å². The molecule has 1 N–H and O–H groups in total. The molecule has 0 heterocycles. The van der Waals surface area contributed by atoms with Crippen LogP contribution in [0.15, 0.2) is 48.5 Å². The van der Waals surface area contributed by atoms with E-state index in [9.17, 15) is 5.11 Å². The number of benzene rings is 2. The van der Waals surface area contributed by atoms with E-state index in [0.717, 1.165) is 29.9 Å². The van der Waals surface area contributed by atoms with E-state index in [0.29, 0.717) is 6.42 Å². The van der Waals surface area contributed by atoms with Crippen LogP contribution in [-0.2, 0) is 6.42 Å². The first kappa shape index (κ1) is 14.6. The van der Waals surface area contributed by atoms with E-state index in [1.165, 1.54) is 5.56 Å². The van der Waals surface area contributed by atoms with Gasteiger partial charge in [-0.3, -0.25) is 0 Å². The molecular weight excluding hydrogens is 248 g/mol. The van der Waals surface area contributed by atoms with E-state index in [1.54, 1.807) is 0 Å². The van der Waals surface area contributed by atoms with Gasteiger partial charge in [0, 0.05) is 5.56 Å². The smallest absolute Gasteiger partial charge is 0.133 e. The van der Waals surface area contributed by atoms with Crippen molar-refractivity contribution in [2.75, 3.05) is 0 Å². The van der Waals surface area contributed by atoms with Crippen molar-refractivity contribution in [1.82, 2.24) is 0 Å². The number of hydrogen-bond donors (Lipinski definition) is 1. The highest BCUT2D eigenvalue weighted by Gasteiger charge is 2.11. The summed E-state index contributed by atoms with van der Waals surface area (Å²) in [6.45, 7) is 4.13. The Bertz CT molecular complexity index is 531. The maximum atomic E-state index is 10.0. The fourth-order valence-electron chi connectivity index (χ4n) is 2.21. The van der Waals surface area contributed by atoms with Crippen molar-refractivity contribution in [2.24, 2.45) is 0 Å². The summed E-state index contributed by atoms with van der Waals surface area (Å²) >= 11 is 0. The summed E-state index contributed by atoms with van der Waals surface area (Å²) in [7, 11) is 0. The SMILES string of the molecule is CCCc1ccc(Oc2ccccc2C(O)CC)cc1. The molecule has 0 aliphatic rings. The van der Waals surface area contributed by atoms with E-state index in [1.807, 2.05) is 43.3 Å². The van der Waals surface area contributed by atoms with Gasteiger partial charge in [0.1, 0.15) is 11.5 Å². The summed E-state index contributed by atoms with van der Waals surface area (Å²) in [6, 6.07) is 15.8. The van der Waals surface area contributed by atoms with Gasteiger partial charge in [-0.15, -0.1) is 0 Å². The molecule has 0 aromatic heterocycles. The van der Waals surface area contributed by atoms with Crippen LogP contribution in [0.5, 0.6) is 11.5 Å². The van der Waals surface area contributed by atoms with Gasteiger partial charge in [0.15, 0.2) is 0 Å². The summed E-state index contributed by atoms with van der Waals surface area (Å²) in [5.74, 6) is 1.53. The Morgan fingerprint density at radius 3 is 2.35 bits per heavy atom.